The predicted molar refractivity (Wildman–Crippen MR) is 132 cm³/mol. The molecule has 0 saturated heterocycles. The number of para-hydroxylation sites is 1. The lowest BCUT2D eigenvalue weighted by atomic mass is 10.2. The zero-order chi connectivity index (χ0) is 24.4. The Kier molecular flexibility index (Phi) is 6.68. The molecule has 0 radical (unpaired) electrons. The van der Waals surface area contributed by atoms with Crippen LogP contribution in [0.15, 0.2) is 71.5 Å². The van der Waals surface area contributed by atoms with Crippen LogP contribution < -0.4 is 10.9 Å². The quantitative estimate of drug-likeness (QED) is 0.385. The molecule has 1 heterocycles. The molecule has 1 unspecified atom stereocenters. The lowest BCUT2D eigenvalue weighted by Crippen LogP contribution is -2.30. The molecule has 4 aromatic rings. The molecule has 0 aliphatic rings. The van der Waals surface area contributed by atoms with Crippen LogP contribution >= 0.6 is 23.2 Å². The number of ether oxygens (including phenoxy) is 1. The minimum Gasteiger partial charge on any atom is -0.449 e. The number of rotatable bonds is 5. The summed E-state index contributed by atoms with van der Waals surface area (Å²) in [6.07, 6.45) is -1.09. The molecule has 1 atom stereocenters. The van der Waals surface area contributed by atoms with Crippen LogP contribution in [-0.2, 0) is 9.53 Å². The van der Waals surface area contributed by atoms with E-state index in [4.69, 9.17) is 27.9 Å². The number of hydrogen-bond donors (Lipinski definition) is 1. The molecule has 34 heavy (non-hydrogen) atoms. The molecule has 9 heteroatoms. The summed E-state index contributed by atoms with van der Waals surface area (Å²) < 4.78 is 6.76. The van der Waals surface area contributed by atoms with Gasteiger partial charge in [0, 0.05) is 0 Å². The Morgan fingerprint density at radius 1 is 1.00 bits per heavy atom. The third kappa shape index (κ3) is 4.66. The summed E-state index contributed by atoms with van der Waals surface area (Å²) >= 11 is 12.0. The van der Waals surface area contributed by atoms with E-state index in [2.05, 4.69) is 10.3 Å². The smallest absolute Gasteiger partial charge is 0.338 e. The van der Waals surface area contributed by atoms with Gasteiger partial charge in [0.05, 0.1) is 37.9 Å². The van der Waals surface area contributed by atoms with Crippen LogP contribution in [0.25, 0.3) is 16.6 Å². The first-order valence-electron chi connectivity index (χ1n) is 10.3. The molecule has 0 bridgehead atoms. The normalized spacial score (nSPS) is 11.8. The van der Waals surface area contributed by atoms with Crippen molar-refractivity contribution >= 4 is 51.7 Å². The predicted octanol–water partition coefficient (Wildman–Crippen LogP) is 5.18. The second-order valence-electron chi connectivity index (χ2n) is 7.50. The summed E-state index contributed by atoms with van der Waals surface area (Å²) in [5, 5.41) is 3.57. The number of fused-ring (bicyclic) bond motifs is 1. The first kappa shape index (κ1) is 23.5. The van der Waals surface area contributed by atoms with Gasteiger partial charge in [-0.3, -0.25) is 14.2 Å². The number of benzene rings is 3. The second kappa shape index (κ2) is 9.67. The summed E-state index contributed by atoms with van der Waals surface area (Å²) in [7, 11) is 0. The first-order valence-corrected chi connectivity index (χ1v) is 11.1. The van der Waals surface area contributed by atoms with Crippen LogP contribution in [0.3, 0.4) is 0 Å². The van der Waals surface area contributed by atoms with Crippen molar-refractivity contribution in [3.8, 4) is 5.69 Å². The Balaban J connectivity index is 1.49. The van der Waals surface area contributed by atoms with Crippen molar-refractivity contribution in [3.05, 3.63) is 98.5 Å². The van der Waals surface area contributed by atoms with Gasteiger partial charge < -0.3 is 10.1 Å². The highest BCUT2D eigenvalue weighted by atomic mass is 35.5. The van der Waals surface area contributed by atoms with Crippen LogP contribution in [0, 0.1) is 6.92 Å². The molecule has 7 nitrogen and oxygen atoms in total. The van der Waals surface area contributed by atoms with Crippen LogP contribution in [-0.4, -0.2) is 27.5 Å². The number of esters is 1. The minimum atomic E-state index is -1.09. The summed E-state index contributed by atoms with van der Waals surface area (Å²) in [5.74, 6) is -0.727. The highest BCUT2D eigenvalue weighted by molar-refractivity contribution is 6.44. The topological polar surface area (TPSA) is 90.3 Å². The number of nitrogens with zero attached hydrogens (tertiary/aromatic N) is 2. The third-order valence-electron chi connectivity index (χ3n) is 5.17. The standard InChI is InChI=1S/C25H19Cl2N3O4/c1-14(23(31)29-21-9-5-7-19(26)22(21)27)34-25(33)16-10-12-17(13-11-16)30-15(2)28-20-8-4-3-6-18(20)24(30)32/h3-14H,1-2H3,(H,29,31). The first-order chi connectivity index (χ1) is 16.3. The zero-order valence-corrected chi connectivity index (χ0v) is 19.7. The van der Waals surface area contributed by atoms with Gasteiger partial charge in [0.15, 0.2) is 6.10 Å². The molecule has 0 spiro atoms. The average molecular weight is 496 g/mol. The molecule has 0 aliphatic carbocycles. The molecule has 0 aliphatic heterocycles. The van der Waals surface area contributed by atoms with Crippen molar-refractivity contribution in [1.82, 2.24) is 9.55 Å². The molecule has 3 aromatic carbocycles. The van der Waals surface area contributed by atoms with Crippen LogP contribution in [0.4, 0.5) is 5.69 Å². The summed E-state index contributed by atoms with van der Waals surface area (Å²) in [4.78, 5) is 42.4. The lowest BCUT2D eigenvalue weighted by Gasteiger charge is -2.15. The Bertz CT molecular complexity index is 1470. The van der Waals surface area contributed by atoms with Gasteiger partial charge in [0.1, 0.15) is 5.82 Å². The van der Waals surface area contributed by atoms with Crippen molar-refractivity contribution in [3.63, 3.8) is 0 Å². The fourth-order valence-electron chi connectivity index (χ4n) is 3.41. The molecule has 4 rings (SSSR count). The van der Waals surface area contributed by atoms with Crippen LogP contribution in [0.5, 0.6) is 0 Å². The van der Waals surface area contributed by atoms with Gasteiger partial charge in [-0.15, -0.1) is 0 Å². The number of carbonyl (C=O) groups excluding carboxylic acids is 2. The number of hydrogen-bond acceptors (Lipinski definition) is 5. The lowest BCUT2D eigenvalue weighted by molar-refractivity contribution is -0.123. The molecular weight excluding hydrogens is 477 g/mol. The van der Waals surface area contributed by atoms with Crippen molar-refractivity contribution in [2.75, 3.05) is 5.32 Å². The fraction of sp³-hybridized carbons (Fsp3) is 0.120. The Morgan fingerprint density at radius 2 is 1.71 bits per heavy atom. The van der Waals surface area contributed by atoms with E-state index in [-0.39, 0.29) is 16.1 Å². The van der Waals surface area contributed by atoms with E-state index >= 15 is 0 Å². The summed E-state index contributed by atoms with van der Waals surface area (Å²) in [6.45, 7) is 3.19. The van der Waals surface area contributed by atoms with Gasteiger partial charge in [0.25, 0.3) is 11.5 Å². The maximum Gasteiger partial charge on any atom is 0.338 e. The van der Waals surface area contributed by atoms with Crippen LogP contribution in [0.2, 0.25) is 10.0 Å². The van der Waals surface area contributed by atoms with Gasteiger partial charge >= 0.3 is 5.97 Å². The van der Waals surface area contributed by atoms with Gasteiger partial charge in [-0.25, -0.2) is 9.78 Å². The minimum absolute atomic E-state index is 0.195. The van der Waals surface area contributed by atoms with Crippen LogP contribution in [0.1, 0.15) is 23.1 Å². The summed E-state index contributed by atoms with van der Waals surface area (Å²) in [6, 6.07) is 18.2. The largest absolute Gasteiger partial charge is 0.449 e. The second-order valence-corrected chi connectivity index (χ2v) is 8.29. The van der Waals surface area contributed by atoms with E-state index in [0.717, 1.165) is 0 Å². The highest BCUT2D eigenvalue weighted by Crippen LogP contribution is 2.29. The number of carbonyl (C=O) groups is 2. The Morgan fingerprint density at radius 3 is 2.44 bits per heavy atom. The van der Waals surface area contributed by atoms with Crippen molar-refractivity contribution in [2.45, 2.75) is 20.0 Å². The van der Waals surface area contributed by atoms with E-state index in [1.165, 1.54) is 23.6 Å². The third-order valence-corrected chi connectivity index (χ3v) is 5.99. The molecule has 172 valence electrons. The van der Waals surface area contributed by atoms with Crippen molar-refractivity contribution in [1.29, 1.82) is 0 Å². The molecule has 1 aromatic heterocycles. The highest BCUT2D eigenvalue weighted by Gasteiger charge is 2.20. The van der Waals surface area contributed by atoms with E-state index in [1.54, 1.807) is 55.5 Å². The molecule has 1 amide bonds. The maximum absolute atomic E-state index is 13.0. The molecule has 1 N–H and O–H groups in total. The number of anilines is 1. The van der Waals surface area contributed by atoms with Gasteiger partial charge in [-0.05, 0) is 62.4 Å². The van der Waals surface area contributed by atoms with Crippen molar-refractivity contribution in [2.24, 2.45) is 0 Å². The number of halogens is 2. The Hall–Kier alpha value is -3.68. The monoisotopic (exact) mass is 495 g/mol. The zero-order valence-electron chi connectivity index (χ0n) is 18.2. The SMILES string of the molecule is Cc1nc2ccccc2c(=O)n1-c1ccc(C(=O)OC(C)C(=O)Nc2cccc(Cl)c2Cl)cc1. The maximum atomic E-state index is 13.0. The van der Waals surface area contributed by atoms with E-state index in [1.807, 2.05) is 6.07 Å². The molecule has 0 saturated carbocycles. The number of aryl methyl sites for hydroxylation is 1. The van der Waals surface area contributed by atoms with Gasteiger partial charge in [-0.2, -0.15) is 0 Å². The van der Waals surface area contributed by atoms with Gasteiger partial charge in [0.2, 0.25) is 0 Å². The van der Waals surface area contributed by atoms with E-state index in [0.29, 0.717) is 33.1 Å². The molecule has 0 fully saturated rings. The number of amides is 1. The molecular formula is C25H19Cl2N3O4. The average Bonchev–Trinajstić information content (AvgIpc) is 2.82. The van der Waals surface area contributed by atoms with Crippen molar-refractivity contribution < 1.29 is 14.3 Å². The summed E-state index contributed by atoms with van der Waals surface area (Å²) in [5.41, 5.74) is 1.51. The fourth-order valence-corrected chi connectivity index (χ4v) is 3.76. The van der Waals surface area contributed by atoms with E-state index in [9.17, 15) is 14.4 Å². The van der Waals surface area contributed by atoms with E-state index < -0.39 is 18.0 Å². The number of nitrogens with one attached hydrogen (secondary N) is 1. The Labute approximate surface area is 204 Å². The van der Waals surface area contributed by atoms with Gasteiger partial charge in [-0.1, -0.05) is 41.4 Å². The number of aromatic nitrogens is 2.